The number of unbranched alkanes of at least 4 members (excludes halogenated alkanes) is 12. The summed E-state index contributed by atoms with van der Waals surface area (Å²) in [5.74, 6) is -2.41. The molecule has 9 heteroatoms. The molecule has 0 saturated heterocycles. The maximum atomic E-state index is 12.6. The van der Waals surface area contributed by atoms with E-state index in [9.17, 15) is 19.2 Å². The fourth-order valence-electron chi connectivity index (χ4n) is 4.98. The summed E-state index contributed by atoms with van der Waals surface area (Å²) in [6.45, 7) is 3.31. The minimum atomic E-state index is -1.39. The molecule has 0 aromatic heterocycles. The molecule has 0 aliphatic carbocycles. The predicted octanol–water partition coefficient (Wildman–Crippen LogP) is 8.03. The number of esters is 1. The van der Waals surface area contributed by atoms with Crippen LogP contribution in [0.3, 0.4) is 0 Å². The third kappa shape index (κ3) is 30.2. The van der Waals surface area contributed by atoms with Gasteiger partial charge in [0.1, 0.15) is 12.1 Å². The first-order chi connectivity index (χ1) is 23.3. The number of allylic oxidation sites excluding steroid dienone is 7. The van der Waals surface area contributed by atoms with Crippen molar-refractivity contribution >= 4 is 23.8 Å². The van der Waals surface area contributed by atoms with Crippen LogP contribution in [0, 0.1) is 0 Å². The van der Waals surface area contributed by atoms with Crippen molar-refractivity contribution in [2.24, 2.45) is 0 Å². The summed E-state index contributed by atoms with van der Waals surface area (Å²) in [5.41, 5.74) is 0. The van der Waals surface area contributed by atoms with Gasteiger partial charge >= 0.3 is 11.9 Å². The smallest absolute Gasteiger partial charge is 0.328 e. The number of ether oxygens (including phenoxy) is 1. The van der Waals surface area contributed by atoms with Gasteiger partial charge in [-0.2, -0.15) is 0 Å². The molecule has 0 aliphatic rings. The first-order valence-electron chi connectivity index (χ1n) is 18.5. The van der Waals surface area contributed by atoms with E-state index in [-0.39, 0.29) is 30.9 Å². The van der Waals surface area contributed by atoms with Gasteiger partial charge in [0.25, 0.3) is 0 Å². The van der Waals surface area contributed by atoms with Gasteiger partial charge < -0.3 is 25.6 Å². The number of carboxylic acid groups (broad SMARTS) is 1. The van der Waals surface area contributed by atoms with E-state index < -0.39 is 24.5 Å². The highest BCUT2D eigenvalue weighted by molar-refractivity contribution is 5.87. The van der Waals surface area contributed by atoms with Crippen molar-refractivity contribution in [3.63, 3.8) is 0 Å². The molecule has 2 amide bonds. The summed E-state index contributed by atoms with van der Waals surface area (Å²) < 4.78 is 5.86. The van der Waals surface area contributed by atoms with E-state index in [2.05, 4.69) is 67.0 Å². The average molecular weight is 675 g/mol. The zero-order valence-electron chi connectivity index (χ0n) is 30.0. The Hall–Kier alpha value is -3.20. The number of carboxylic acids is 1. The van der Waals surface area contributed by atoms with Gasteiger partial charge in [-0.3, -0.25) is 14.4 Å². The highest BCUT2D eigenvalue weighted by atomic mass is 16.5. The lowest BCUT2D eigenvalue weighted by Crippen LogP contribution is -2.47. The number of rotatable bonds is 32. The van der Waals surface area contributed by atoms with Crippen LogP contribution in [0.5, 0.6) is 0 Å². The van der Waals surface area contributed by atoms with Gasteiger partial charge in [-0.15, -0.1) is 0 Å². The summed E-state index contributed by atoms with van der Waals surface area (Å²) in [6.07, 6.45) is 37.3. The number of aliphatic hydroxyl groups is 1. The van der Waals surface area contributed by atoms with Crippen molar-refractivity contribution in [1.29, 1.82) is 0 Å². The van der Waals surface area contributed by atoms with Gasteiger partial charge in [0.15, 0.2) is 0 Å². The van der Waals surface area contributed by atoms with Crippen LogP contribution in [0.2, 0.25) is 0 Å². The fraction of sp³-hybridized carbons (Fsp3) is 0.692. The Morgan fingerprint density at radius 1 is 0.646 bits per heavy atom. The number of carbonyl (C=O) groups is 4. The lowest BCUT2D eigenvalue weighted by Gasteiger charge is -2.15. The maximum absolute atomic E-state index is 12.6. The van der Waals surface area contributed by atoms with Crippen LogP contribution in [0.15, 0.2) is 48.6 Å². The number of aliphatic hydroxyl groups excluding tert-OH is 1. The molecular formula is C39H66N2O7. The van der Waals surface area contributed by atoms with Crippen LogP contribution < -0.4 is 10.6 Å². The van der Waals surface area contributed by atoms with Gasteiger partial charge in [-0.25, -0.2) is 4.79 Å². The lowest BCUT2D eigenvalue weighted by molar-refractivity contribution is -0.147. The Morgan fingerprint density at radius 2 is 1.17 bits per heavy atom. The molecule has 0 aromatic carbocycles. The largest absolute Gasteiger partial charge is 0.480 e. The Bertz CT molecular complexity index is 958. The van der Waals surface area contributed by atoms with E-state index in [1.54, 1.807) is 0 Å². The number of amides is 2. The van der Waals surface area contributed by atoms with E-state index in [4.69, 9.17) is 14.9 Å². The van der Waals surface area contributed by atoms with Crippen molar-refractivity contribution in [3.8, 4) is 0 Å². The van der Waals surface area contributed by atoms with Gasteiger partial charge in [-0.05, 0) is 57.4 Å². The molecule has 0 heterocycles. The molecule has 0 radical (unpaired) electrons. The summed E-state index contributed by atoms with van der Waals surface area (Å²) in [4.78, 5) is 47.2. The number of nitrogens with one attached hydrogen (secondary N) is 2. The van der Waals surface area contributed by atoms with Gasteiger partial charge in [-0.1, -0.05) is 127 Å². The predicted molar refractivity (Wildman–Crippen MR) is 194 cm³/mol. The number of hydrogen-bond acceptors (Lipinski definition) is 6. The lowest BCUT2D eigenvalue weighted by atomic mass is 10.1. The molecular weight excluding hydrogens is 608 g/mol. The molecule has 0 rings (SSSR count). The summed E-state index contributed by atoms with van der Waals surface area (Å²) in [5, 5.41) is 22.5. The molecule has 48 heavy (non-hydrogen) atoms. The highest BCUT2D eigenvalue weighted by Crippen LogP contribution is 2.15. The second kappa shape index (κ2) is 33.7. The minimum absolute atomic E-state index is 0.125. The zero-order valence-corrected chi connectivity index (χ0v) is 30.0. The molecule has 0 spiro atoms. The van der Waals surface area contributed by atoms with Gasteiger partial charge in [0.2, 0.25) is 11.8 Å². The highest BCUT2D eigenvalue weighted by Gasteiger charge is 2.18. The molecule has 274 valence electrons. The summed E-state index contributed by atoms with van der Waals surface area (Å²) >= 11 is 0. The third-order valence-electron chi connectivity index (χ3n) is 7.82. The maximum Gasteiger partial charge on any atom is 0.328 e. The molecule has 0 fully saturated rings. The van der Waals surface area contributed by atoms with Crippen LogP contribution in [-0.4, -0.2) is 59.3 Å². The van der Waals surface area contributed by atoms with E-state index in [0.717, 1.165) is 70.6 Å². The normalized spacial score (nSPS) is 13.1. The number of hydrogen-bond donors (Lipinski definition) is 4. The van der Waals surface area contributed by atoms with Crippen molar-refractivity contribution in [2.45, 2.75) is 161 Å². The Kier molecular flexibility index (Phi) is 31.4. The summed E-state index contributed by atoms with van der Waals surface area (Å²) in [6, 6.07) is -1.39. The number of aliphatic carboxylic acids is 1. The van der Waals surface area contributed by atoms with E-state index in [0.29, 0.717) is 12.8 Å². The second-order valence-corrected chi connectivity index (χ2v) is 12.3. The van der Waals surface area contributed by atoms with Crippen molar-refractivity contribution < 1.29 is 34.1 Å². The first kappa shape index (κ1) is 44.8. The summed E-state index contributed by atoms with van der Waals surface area (Å²) in [7, 11) is 0. The topological polar surface area (TPSA) is 142 Å². The van der Waals surface area contributed by atoms with Crippen LogP contribution >= 0.6 is 0 Å². The quantitative estimate of drug-likeness (QED) is 0.0321. The number of carbonyl (C=O) groups excluding carboxylic acids is 3. The Labute approximate surface area is 290 Å². The van der Waals surface area contributed by atoms with Crippen LogP contribution in [-0.2, 0) is 23.9 Å². The van der Waals surface area contributed by atoms with Gasteiger partial charge in [0, 0.05) is 12.8 Å². The zero-order chi connectivity index (χ0) is 35.5. The minimum Gasteiger partial charge on any atom is -0.480 e. The molecule has 2 unspecified atom stereocenters. The standard InChI is InChI=1S/C39H66N2O7/c1-3-5-7-9-11-13-14-16-17-20-24-28-34(48-38(45)31-27-23-18-15-12-10-8-6-4-2)29-25-21-19-22-26-30-36(43)40-32-37(44)41-35(33-42)39(46)47/h5,7,11,13,16-17,24,28,34-35,42H,3-4,6,8-10,12,14-15,18-23,25-27,29-33H2,1-2H3,(H,40,43)(H,41,44)(H,46,47)/b7-5-,13-11-,17-16-,28-24-. The van der Waals surface area contributed by atoms with Crippen molar-refractivity contribution in [2.75, 3.05) is 13.2 Å². The second-order valence-electron chi connectivity index (χ2n) is 12.3. The van der Waals surface area contributed by atoms with Crippen LogP contribution in [0.4, 0.5) is 0 Å². The molecule has 0 bridgehead atoms. The van der Waals surface area contributed by atoms with Crippen LogP contribution in [0.1, 0.15) is 149 Å². The SMILES string of the molecule is CC/C=C\C/C=C\C/C=C\C/C=C\C(CCCCCCCC(=O)NCC(=O)NC(CO)C(=O)O)OC(=O)CCCCCCCCCCC. The van der Waals surface area contributed by atoms with Crippen molar-refractivity contribution in [1.82, 2.24) is 10.6 Å². The fourth-order valence-corrected chi connectivity index (χ4v) is 4.98. The van der Waals surface area contributed by atoms with E-state index in [1.165, 1.54) is 44.9 Å². The Morgan fingerprint density at radius 3 is 1.73 bits per heavy atom. The molecule has 0 aromatic rings. The molecule has 2 atom stereocenters. The molecule has 9 nitrogen and oxygen atoms in total. The molecule has 0 aliphatic heterocycles. The van der Waals surface area contributed by atoms with Crippen LogP contribution in [0.25, 0.3) is 0 Å². The third-order valence-corrected chi connectivity index (χ3v) is 7.82. The molecule has 4 N–H and O–H groups in total. The Balaban J connectivity index is 4.45. The average Bonchev–Trinajstić information content (AvgIpc) is 3.07. The van der Waals surface area contributed by atoms with E-state index in [1.807, 2.05) is 6.08 Å². The van der Waals surface area contributed by atoms with Crippen molar-refractivity contribution in [3.05, 3.63) is 48.6 Å². The first-order valence-corrected chi connectivity index (χ1v) is 18.5. The van der Waals surface area contributed by atoms with E-state index >= 15 is 0 Å². The van der Waals surface area contributed by atoms with Gasteiger partial charge in [0.05, 0.1) is 13.2 Å². The monoisotopic (exact) mass is 674 g/mol. The molecule has 0 saturated carbocycles.